The molecule has 8 nitrogen and oxygen atoms in total. The molecule has 0 aliphatic rings. The van der Waals surface area contributed by atoms with E-state index in [1.165, 1.54) is 6.07 Å². The third-order valence-electron chi connectivity index (χ3n) is 3.01. The van der Waals surface area contributed by atoms with Gasteiger partial charge in [-0.15, -0.1) is 10.2 Å². The maximum absolute atomic E-state index is 10.9. The second-order valence-electron chi connectivity index (χ2n) is 4.49. The van der Waals surface area contributed by atoms with Crippen molar-refractivity contribution in [3.8, 4) is 11.4 Å². The Morgan fingerprint density at radius 3 is 2.73 bits per heavy atom. The van der Waals surface area contributed by atoms with Crippen LogP contribution in [-0.2, 0) is 11.3 Å². The second kappa shape index (κ2) is 6.56. The Morgan fingerprint density at radius 1 is 1.45 bits per heavy atom. The third-order valence-corrected chi connectivity index (χ3v) is 3.96. The minimum atomic E-state index is -0.927. The molecule has 0 bridgehead atoms. The zero-order valence-electron chi connectivity index (χ0n) is 12.0. The molecule has 1 aromatic heterocycles. The molecule has 0 fully saturated rings. The van der Waals surface area contributed by atoms with Crippen LogP contribution in [0.5, 0.6) is 0 Å². The summed E-state index contributed by atoms with van der Waals surface area (Å²) in [5, 5.41) is 28.2. The number of benzene rings is 1. The molecule has 0 unspecified atom stereocenters. The predicted molar refractivity (Wildman–Crippen MR) is 80.9 cm³/mol. The summed E-state index contributed by atoms with van der Waals surface area (Å²) in [7, 11) is 0. The lowest BCUT2D eigenvalue weighted by atomic mass is 10.1. The Balaban J connectivity index is 2.38. The van der Waals surface area contributed by atoms with E-state index in [0.29, 0.717) is 28.7 Å². The number of thioether (sulfide) groups is 1. The number of aliphatic carboxylic acids is 1. The smallest absolute Gasteiger partial charge is 0.313 e. The number of nitrogens with zero attached hydrogens (tertiary/aromatic N) is 4. The fourth-order valence-corrected chi connectivity index (χ4v) is 2.74. The lowest BCUT2D eigenvalue weighted by Gasteiger charge is -2.07. The highest BCUT2D eigenvalue weighted by atomic mass is 32.2. The van der Waals surface area contributed by atoms with Gasteiger partial charge in [-0.05, 0) is 26.0 Å². The van der Waals surface area contributed by atoms with E-state index >= 15 is 0 Å². The van der Waals surface area contributed by atoms with Gasteiger partial charge in [0.1, 0.15) is 0 Å². The summed E-state index contributed by atoms with van der Waals surface area (Å²) in [4.78, 5) is 21.1. The minimum Gasteiger partial charge on any atom is -0.481 e. The van der Waals surface area contributed by atoms with Crippen LogP contribution in [0.15, 0.2) is 23.4 Å². The minimum absolute atomic E-state index is 0.0480. The van der Waals surface area contributed by atoms with Gasteiger partial charge >= 0.3 is 5.97 Å². The van der Waals surface area contributed by atoms with Crippen LogP contribution < -0.4 is 0 Å². The van der Waals surface area contributed by atoms with E-state index in [4.69, 9.17) is 5.11 Å². The van der Waals surface area contributed by atoms with E-state index in [0.717, 1.165) is 11.8 Å². The molecule has 2 rings (SSSR count). The molecule has 0 aliphatic carbocycles. The molecule has 0 radical (unpaired) electrons. The van der Waals surface area contributed by atoms with E-state index in [1.54, 1.807) is 23.6 Å². The van der Waals surface area contributed by atoms with Gasteiger partial charge in [-0.25, -0.2) is 0 Å². The van der Waals surface area contributed by atoms with Crippen molar-refractivity contribution < 1.29 is 14.8 Å². The molecule has 2 aromatic rings. The SMILES string of the molecule is CCn1c(SCC(=O)O)nnc1-c1ccc([N+](=O)[O-])c(C)c1. The Hall–Kier alpha value is -2.42. The highest BCUT2D eigenvalue weighted by Gasteiger charge is 2.17. The fourth-order valence-electron chi connectivity index (χ4n) is 2.02. The van der Waals surface area contributed by atoms with Crippen molar-refractivity contribution in [3.63, 3.8) is 0 Å². The second-order valence-corrected chi connectivity index (χ2v) is 5.43. The van der Waals surface area contributed by atoms with Crippen molar-refractivity contribution in [2.75, 3.05) is 5.75 Å². The van der Waals surface area contributed by atoms with Crippen molar-refractivity contribution >= 4 is 23.4 Å². The van der Waals surface area contributed by atoms with Gasteiger partial charge in [0.05, 0.1) is 10.7 Å². The molecule has 116 valence electrons. The molecule has 1 N–H and O–H groups in total. The van der Waals surface area contributed by atoms with Crippen molar-refractivity contribution in [2.24, 2.45) is 0 Å². The van der Waals surface area contributed by atoms with Gasteiger partial charge in [0.25, 0.3) is 5.69 Å². The van der Waals surface area contributed by atoms with Gasteiger partial charge in [-0.2, -0.15) is 0 Å². The first-order chi connectivity index (χ1) is 10.4. The largest absolute Gasteiger partial charge is 0.481 e. The van der Waals surface area contributed by atoms with Crippen LogP contribution in [0, 0.1) is 17.0 Å². The first-order valence-electron chi connectivity index (χ1n) is 6.47. The molecule has 0 saturated heterocycles. The predicted octanol–water partition coefficient (Wildman–Crippen LogP) is 2.36. The van der Waals surface area contributed by atoms with Crippen LogP contribution in [0.25, 0.3) is 11.4 Å². The molecule has 1 aromatic carbocycles. The lowest BCUT2D eigenvalue weighted by molar-refractivity contribution is -0.385. The summed E-state index contributed by atoms with van der Waals surface area (Å²) in [5.41, 5.74) is 1.29. The molecule has 0 atom stereocenters. The summed E-state index contributed by atoms with van der Waals surface area (Å²) in [6.07, 6.45) is 0. The van der Waals surface area contributed by atoms with Gasteiger partial charge in [-0.1, -0.05) is 11.8 Å². The molecular weight excluding hydrogens is 308 g/mol. The van der Waals surface area contributed by atoms with Crippen molar-refractivity contribution in [1.29, 1.82) is 0 Å². The number of hydrogen-bond acceptors (Lipinski definition) is 6. The van der Waals surface area contributed by atoms with Gasteiger partial charge in [-0.3, -0.25) is 14.9 Å². The van der Waals surface area contributed by atoms with Crippen molar-refractivity contribution in [2.45, 2.75) is 25.5 Å². The first kappa shape index (κ1) is 16.0. The van der Waals surface area contributed by atoms with Gasteiger partial charge < -0.3 is 9.67 Å². The molecule has 0 amide bonds. The molecule has 9 heteroatoms. The van der Waals surface area contributed by atoms with E-state index in [9.17, 15) is 14.9 Å². The summed E-state index contributed by atoms with van der Waals surface area (Å²) >= 11 is 1.09. The summed E-state index contributed by atoms with van der Waals surface area (Å²) in [6.45, 7) is 4.13. The number of aryl methyl sites for hydroxylation is 1. The summed E-state index contributed by atoms with van der Waals surface area (Å²) < 4.78 is 1.79. The molecule has 1 heterocycles. The van der Waals surface area contributed by atoms with Crippen LogP contribution in [0.2, 0.25) is 0 Å². The maximum atomic E-state index is 10.9. The normalized spacial score (nSPS) is 10.6. The summed E-state index contributed by atoms with van der Waals surface area (Å²) in [6, 6.07) is 4.73. The summed E-state index contributed by atoms with van der Waals surface area (Å²) in [5.74, 6) is -0.464. The quantitative estimate of drug-likeness (QED) is 0.493. The molecule has 0 spiro atoms. The van der Waals surface area contributed by atoms with Crippen LogP contribution in [0.1, 0.15) is 12.5 Å². The standard InChI is InChI=1S/C13H14N4O4S/c1-3-16-12(14-15-13(16)22-7-11(18)19)9-4-5-10(17(20)21)8(2)6-9/h4-6H,3,7H2,1-2H3,(H,18,19). The highest BCUT2D eigenvalue weighted by molar-refractivity contribution is 7.99. The molecule has 0 saturated carbocycles. The monoisotopic (exact) mass is 322 g/mol. The lowest BCUT2D eigenvalue weighted by Crippen LogP contribution is -2.03. The number of nitro groups is 1. The zero-order valence-corrected chi connectivity index (χ0v) is 12.8. The van der Waals surface area contributed by atoms with Crippen LogP contribution in [0.3, 0.4) is 0 Å². The molecular formula is C13H14N4O4S. The maximum Gasteiger partial charge on any atom is 0.313 e. The van der Waals surface area contributed by atoms with Gasteiger partial charge in [0.15, 0.2) is 11.0 Å². The number of nitro benzene ring substituents is 1. The van der Waals surface area contributed by atoms with E-state index in [-0.39, 0.29) is 11.4 Å². The number of rotatable bonds is 6. The Bertz CT molecular complexity index is 729. The van der Waals surface area contributed by atoms with Crippen LogP contribution in [-0.4, -0.2) is 36.5 Å². The molecule has 0 aliphatic heterocycles. The zero-order chi connectivity index (χ0) is 16.3. The van der Waals surface area contributed by atoms with Crippen LogP contribution >= 0.6 is 11.8 Å². The van der Waals surface area contributed by atoms with E-state index < -0.39 is 10.9 Å². The Kier molecular flexibility index (Phi) is 4.76. The fraction of sp³-hybridized carbons (Fsp3) is 0.308. The average Bonchev–Trinajstić information content (AvgIpc) is 2.87. The van der Waals surface area contributed by atoms with Crippen molar-refractivity contribution in [3.05, 3.63) is 33.9 Å². The number of hydrogen-bond donors (Lipinski definition) is 1. The van der Waals surface area contributed by atoms with E-state index in [2.05, 4.69) is 10.2 Å². The third kappa shape index (κ3) is 3.25. The average molecular weight is 322 g/mol. The van der Waals surface area contributed by atoms with Gasteiger partial charge in [0, 0.05) is 23.7 Å². The Labute approximate surface area is 130 Å². The van der Waals surface area contributed by atoms with E-state index in [1.807, 2.05) is 6.92 Å². The number of carboxylic acid groups (broad SMARTS) is 1. The molecule has 22 heavy (non-hydrogen) atoms. The number of aromatic nitrogens is 3. The number of carboxylic acids is 1. The highest BCUT2D eigenvalue weighted by Crippen LogP contribution is 2.27. The Morgan fingerprint density at radius 2 is 2.18 bits per heavy atom. The first-order valence-corrected chi connectivity index (χ1v) is 7.45. The van der Waals surface area contributed by atoms with Crippen molar-refractivity contribution in [1.82, 2.24) is 14.8 Å². The van der Waals surface area contributed by atoms with Crippen LogP contribution in [0.4, 0.5) is 5.69 Å². The number of carbonyl (C=O) groups is 1. The van der Waals surface area contributed by atoms with Gasteiger partial charge in [0.2, 0.25) is 0 Å². The topological polar surface area (TPSA) is 111 Å².